The largest absolute Gasteiger partial charge is 0.314 e. The second-order valence-corrected chi connectivity index (χ2v) is 7.28. The van der Waals surface area contributed by atoms with Gasteiger partial charge in [0, 0.05) is 6.04 Å². The van der Waals surface area contributed by atoms with Crippen molar-refractivity contribution in [1.82, 2.24) is 5.32 Å². The van der Waals surface area contributed by atoms with E-state index >= 15 is 0 Å². The SMILES string of the molecule is CCCCCCCCC1CCCCCC1CNC(C)C. The summed E-state index contributed by atoms with van der Waals surface area (Å²) in [7, 11) is 0. The number of rotatable bonds is 10. The Morgan fingerprint density at radius 1 is 0.850 bits per heavy atom. The van der Waals surface area contributed by atoms with Crippen LogP contribution in [0.25, 0.3) is 0 Å². The van der Waals surface area contributed by atoms with Gasteiger partial charge >= 0.3 is 0 Å². The van der Waals surface area contributed by atoms with E-state index in [4.69, 9.17) is 0 Å². The fourth-order valence-corrected chi connectivity index (χ4v) is 3.68. The monoisotopic (exact) mass is 281 g/mol. The zero-order chi connectivity index (χ0) is 14.6. The predicted octanol–water partition coefficient (Wildman–Crippen LogP) is 5.93. The summed E-state index contributed by atoms with van der Waals surface area (Å²) < 4.78 is 0. The smallest absolute Gasteiger partial charge is 0.00104 e. The Balaban J connectivity index is 2.22. The molecule has 1 aliphatic carbocycles. The van der Waals surface area contributed by atoms with Gasteiger partial charge in [-0.2, -0.15) is 0 Å². The topological polar surface area (TPSA) is 12.0 Å². The fraction of sp³-hybridized carbons (Fsp3) is 1.00. The van der Waals surface area contributed by atoms with Gasteiger partial charge in [0.2, 0.25) is 0 Å². The van der Waals surface area contributed by atoms with Crippen molar-refractivity contribution in [2.75, 3.05) is 6.54 Å². The fourth-order valence-electron chi connectivity index (χ4n) is 3.68. The third kappa shape index (κ3) is 8.29. The highest BCUT2D eigenvalue weighted by atomic mass is 14.9. The average molecular weight is 282 g/mol. The van der Waals surface area contributed by atoms with Gasteiger partial charge in [-0.3, -0.25) is 0 Å². The van der Waals surface area contributed by atoms with Crippen molar-refractivity contribution in [2.45, 2.75) is 104 Å². The number of nitrogens with one attached hydrogen (secondary N) is 1. The van der Waals surface area contributed by atoms with Crippen molar-refractivity contribution >= 4 is 0 Å². The quantitative estimate of drug-likeness (QED) is 0.386. The van der Waals surface area contributed by atoms with Gasteiger partial charge in [0.25, 0.3) is 0 Å². The Morgan fingerprint density at radius 2 is 1.50 bits per heavy atom. The molecule has 1 nitrogen and oxygen atoms in total. The minimum absolute atomic E-state index is 0.646. The van der Waals surface area contributed by atoms with Gasteiger partial charge in [-0.15, -0.1) is 0 Å². The van der Waals surface area contributed by atoms with Crippen molar-refractivity contribution in [3.63, 3.8) is 0 Å². The second-order valence-electron chi connectivity index (χ2n) is 7.28. The summed E-state index contributed by atoms with van der Waals surface area (Å²) in [6.45, 7) is 8.12. The molecule has 1 fully saturated rings. The predicted molar refractivity (Wildman–Crippen MR) is 91.2 cm³/mol. The van der Waals surface area contributed by atoms with E-state index in [2.05, 4.69) is 26.1 Å². The van der Waals surface area contributed by atoms with Gasteiger partial charge in [0.1, 0.15) is 0 Å². The zero-order valence-electron chi connectivity index (χ0n) is 14.4. The summed E-state index contributed by atoms with van der Waals surface area (Å²) in [6, 6.07) is 0.646. The molecule has 0 aromatic carbocycles. The van der Waals surface area contributed by atoms with Crippen LogP contribution in [0, 0.1) is 11.8 Å². The van der Waals surface area contributed by atoms with Gasteiger partial charge in [-0.25, -0.2) is 0 Å². The normalized spacial score (nSPS) is 24.0. The molecule has 2 unspecified atom stereocenters. The van der Waals surface area contributed by atoms with E-state index in [0.717, 1.165) is 11.8 Å². The van der Waals surface area contributed by atoms with Gasteiger partial charge in [-0.05, 0) is 24.8 Å². The first-order valence-corrected chi connectivity index (χ1v) is 9.47. The van der Waals surface area contributed by atoms with Crippen LogP contribution in [0.5, 0.6) is 0 Å². The molecule has 120 valence electrons. The van der Waals surface area contributed by atoms with E-state index in [1.54, 1.807) is 0 Å². The third-order valence-corrected chi connectivity index (χ3v) is 5.03. The Morgan fingerprint density at radius 3 is 2.20 bits per heavy atom. The van der Waals surface area contributed by atoms with Crippen LogP contribution in [0.15, 0.2) is 0 Å². The van der Waals surface area contributed by atoms with Gasteiger partial charge in [-0.1, -0.05) is 91.4 Å². The molecule has 0 spiro atoms. The number of hydrogen-bond donors (Lipinski definition) is 1. The summed E-state index contributed by atoms with van der Waals surface area (Å²) >= 11 is 0. The molecule has 1 saturated carbocycles. The van der Waals surface area contributed by atoms with Crippen molar-refractivity contribution < 1.29 is 0 Å². The highest BCUT2D eigenvalue weighted by molar-refractivity contribution is 4.76. The van der Waals surface area contributed by atoms with Crippen LogP contribution in [0.3, 0.4) is 0 Å². The summed E-state index contributed by atoms with van der Waals surface area (Å²) in [5.41, 5.74) is 0. The summed E-state index contributed by atoms with van der Waals surface area (Å²) in [6.07, 6.45) is 17.6. The van der Waals surface area contributed by atoms with Gasteiger partial charge in [0.05, 0.1) is 0 Å². The van der Waals surface area contributed by atoms with Crippen LogP contribution in [-0.2, 0) is 0 Å². The molecule has 0 aliphatic heterocycles. The van der Waals surface area contributed by atoms with Crippen molar-refractivity contribution in [2.24, 2.45) is 11.8 Å². The van der Waals surface area contributed by atoms with Crippen molar-refractivity contribution in [3.05, 3.63) is 0 Å². The van der Waals surface area contributed by atoms with E-state index in [9.17, 15) is 0 Å². The second kappa shape index (κ2) is 11.6. The highest BCUT2D eigenvalue weighted by Gasteiger charge is 2.23. The maximum Gasteiger partial charge on any atom is 0.00104 e. The number of unbranched alkanes of at least 4 members (excludes halogenated alkanes) is 5. The van der Waals surface area contributed by atoms with Crippen LogP contribution >= 0.6 is 0 Å². The lowest BCUT2D eigenvalue weighted by Crippen LogP contribution is -2.32. The molecule has 20 heavy (non-hydrogen) atoms. The molecule has 0 radical (unpaired) electrons. The maximum absolute atomic E-state index is 3.69. The molecule has 0 saturated heterocycles. The van der Waals surface area contributed by atoms with E-state index < -0.39 is 0 Å². The lowest BCUT2D eigenvalue weighted by Gasteiger charge is -2.26. The molecule has 0 aromatic heterocycles. The first kappa shape index (κ1) is 18.0. The summed E-state index contributed by atoms with van der Waals surface area (Å²) in [4.78, 5) is 0. The van der Waals surface area contributed by atoms with Gasteiger partial charge in [0.15, 0.2) is 0 Å². The molecular formula is C19H39N. The summed E-state index contributed by atoms with van der Waals surface area (Å²) in [5.74, 6) is 1.96. The molecule has 1 heteroatoms. The standard InChI is InChI=1S/C19H39N/c1-4-5-6-7-8-10-13-18-14-11-9-12-15-19(18)16-20-17(2)3/h17-20H,4-16H2,1-3H3. The Kier molecular flexibility index (Phi) is 10.4. The summed E-state index contributed by atoms with van der Waals surface area (Å²) in [5, 5.41) is 3.69. The Labute approximate surface area is 128 Å². The van der Waals surface area contributed by atoms with Crippen LogP contribution < -0.4 is 5.32 Å². The molecule has 2 atom stereocenters. The minimum atomic E-state index is 0.646. The third-order valence-electron chi connectivity index (χ3n) is 5.03. The molecule has 0 heterocycles. The first-order valence-electron chi connectivity index (χ1n) is 9.47. The zero-order valence-corrected chi connectivity index (χ0v) is 14.4. The minimum Gasteiger partial charge on any atom is -0.314 e. The Hall–Kier alpha value is -0.0400. The van der Waals surface area contributed by atoms with E-state index in [1.165, 1.54) is 83.6 Å². The molecule has 1 rings (SSSR count). The molecule has 0 amide bonds. The van der Waals surface area contributed by atoms with Crippen molar-refractivity contribution in [3.8, 4) is 0 Å². The molecule has 1 N–H and O–H groups in total. The number of hydrogen-bond acceptors (Lipinski definition) is 1. The maximum atomic E-state index is 3.69. The lowest BCUT2D eigenvalue weighted by molar-refractivity contribution is 0.270. The van der Waals surface area contributed by atoms with E-state index in [-0.39, 0.29) is 0 Å². The van der Waals surface area contributed by atoms with Crippen LogP contribution in [0.1, 0.15) is 97.8 Å². The first-order chi connectivity index (χ1) is 9.74. The lowest BCUT2D eigenvalue weighted by atomic mass is 9.83. The molecule has 0 bridgehead atoms. The van der Waals surface area contributed by atoms with Crippen LogP contribution in [0.2, 0.25) is 0 Å². The molecule has 1 aliphatic rings. The average Bonchev–Trinajstić information content (AvgIpc) is 2.65. The van der Waals surface area contributed by atoms with Crippen molar-refractivity contribution in [1.29, 1.82) is 0 Å². The highest BCUT2D eigenvalue weighted by Crippen LogP contribution is 2.32. The molecular weight excluding hydrogens is 242 g/mol. The molecule has 0 aromatic rings. The Bertz CT molecular complexity index is 212. The van der Waals surface area contributed by atoms with E-state index in [0.29, 0.717) is 6.04 Å². The van der Waals surface area contributed by atoms with E-state index in [1.807, 2.05) is 0 Å². The van der Waals surface area contributed by atoms with Crippen LogP contribution in [0.4, 0.5) is 0 Å². The van der Waals surface area contributed by atoms with Gasteiger partial charge < -0.3 is 5.32 Å². The van der Waals surface area contributed by atoms with Crippen LogP contribution in [-0.4, -0.2) is 12.6 Å².